The predicted octanol–water partition coefficient (Wildman–Crippen LogP) is 5.35. The van der Waals surface area contributed by atoms with E-state index < -0.39 is 12.1 Å². The van der Waals surface area contributed by atoms with E-state index in [1.165, 1.54) is 16.3 Å². The smallest absolute Gasteiger partial charge is 0.345 e. The van der Waals surface area contributed by atoms with Gasteiger partial charge in [0.1, 0.15) is 5.75 Å². The van der Waals surface area contributed by atoms with E-state index in [4.69, 9.17) is 27.2 Å². The zero-order chi connectivity index (χ0) is 19.6. The molecule has 0 amide bonds. The molecule has 0 spiro atoms. The van der Waals surface area contributed by atoms with Crippen LogP contribution >= 0.6 is 27.5 Å². The summed E-state index contributed by atoms with van der Waals surface area (Å²) in [4.78, 5) is 10.7. The second kappa shape index (κ2) is 8.30. The third-order valence-electron chi connectivity index (χ3n) is 4.34. The van der Waals surface area contributed by atoms with Crippen LogP contribution in [0, 0.1) is 0 Å². The number of carboxylic acids is 1. The lowest BCUT2D eigenvalue weighted by Crippen LogP contribution is -2.24. The van der Waals surface area contributed by atoms with Crippen LogP contribution in [0.5, 0.6) is 5.75 Å². The third-order valence-corrected chi connectivity index (χ3v) is 5.15. The van der Waals surface area contributed by atoms with Crippen molar-refractivity contribution in [2.45, 2.75) is 25.5 Å². The fourth-order valence-corrected chi connectivity index (χ4v) is 4.03. The molecule has 0 radical (unpaired) electrons. The molecule has 4 nitrogen and oxygen atoms in total. The third kappa shape index (κ3) is 4.43. The molecule has 0 saturated heterocycles. The van der Waals surface area contributed by atoms with Crippen molar-refractivity contribution in [2.24, 2.45) is 5.73 Å². The summed E-state index contributed by atoms with van der Waals surface area (Å²) in [6.07, 6.45) is -0.427. The molecule has 3 aromatic carbocycles. The molecule has 4 rings (SSSR count). The van der Waals surface area contributed by atoms with Crippen LogP contribution in [-0.2, 0) is 11.2 Å². The molecule has 0 bridgehead atoms. The van der Waals surface area contributed by atoms with Gasteiger partial charge in [0.05, 0.1) is 4.47 Å². The van der Waals surface area contributed by atoms with Crippen molar-refractivity contribution < 1.29 is 14.6 Å². The van der Waals surface area contributed by atoms with E-state index in [9.17, 15) is 4.79 Å². The molecular weight excluding hydrogens is 430 g/mol. The van der Waals surface area contributed by atoms with Gasteiger partial charge in [-0.3, -0.25) is 0 Å². The Morgan fingerprint density at radius 3 is 2.67 bits per heavy atom. The number of aliphatic carboxylic acids is 1. The van der Waals surface area contributed by atoms with Crippen molar-refractivity contribution in [1.82, 2.24) is 0 Å². The monoisotopic (exact) mass is 447 g/mol. The van der Waals surface area contributed by atoms with Gasteiger partial charge >= 0.3 is 5.97 Å². The van der Waals surface area contributed by atoms with E-state index in [0.29, 0.717) is 21.7 Å². The van der Waals surface area contributed by atoms with E-state index in [0.717, 1.165) is 5.56 Å². The summed E-state index contributed by atoms with van der Waals surface area (Å²) in [5, 5.41) is 11.9. The van der Waals surface area contributed by atoms with Gasteiger partial charge in [-0.25, -0.2) is 4.79 Å². The van der Waals surface area contributed by atoms with Crippen LogP contribution in [0.3, 0.4) is 0 Å². The molecule has 1 aliphatic heterocycles. The maximum Gasteiger partial charge on any atom is 0.345 e. The molecule has 0 aliphatic carbocycles. The van der Waals surface area contributed by atoms with E-state index in [2.05, 4.69) is 46.3 Å². The lowest BCUT2D eigenvalue weighted by Gasteiger charge is -2.09. The van der Waals surface area contributed by atoms with E-state index in [-0.39, 0.29) is 6.04 Å². The number of ether oxygens (including phenoxy) is 1. The van der Waals surface area contributed by atoms with Crippen molar-refractivity contribution >= 4 is 44.3 Å². The zero-order valence-electron chi connectivity index (χ0n) is 14.7. The standard InChI is InChI=1S/C12H13N.C9H6BrClO3/c1-9(13)11-8-4-6-10-5-2-3-7-12(10)11;10-6-3-5(11)1-4-2-7(9(12)13)14-8(4)6/h2-9H,13H2,1H3;1,3,7H,2H2,(H,12,13)/t9-;7-/m01/s1. The van der Waals surface area contributed by atoms with Crippen LogP contribution in [0.4, 0.5) is 0 Å². The minimum Gasteiger partial charge on any atom is -0.478 e. The Morgan fingerprint density at radius 1 is 1.26 bits per heavy atom. The molecule has 2 atom stereocenters. The highest BCUT2D eigenvalue weighted by molar-refractivity contribution is 9.10. The SMILES string of the molecule is C[C@H](N)c1cccc2ccccc12.O=C(O)[C@H]1Cc2cc(Cl)cc(Br)c2O1. The highest BCUT2D eigenvalue weighted by atomic mass is 79.9. The minimum atomic E-state index is -0.954. The number of carbonyl (C=O) groups is 1. The maximum atomic E-state index is 10.7. The summed E-state index contributed by atoms with van der Waals surface area (Å²) in [5.41, 5.74) is 7.93. The normalized spacial score (nSPS) is 16.1. The first-order valence-corrected chi connectivity index (χ1v) is 9.64. The highest BCUT2D eigenvalue weighted by Crippen LogP contribution is 2.38. The largest absolute Gasteiger partial charge is 0.478 e. The summed E-state index contributed by atoms with van der Waals surface area (Å²) in [5.74, 6) is -0.369. The summed E-state index contributed by atoms with van der Waals surface area (Å²) in [7, 11) is 0. The number of rotatable bonds is 2. The number of halogens is 2. The first kappa shape index (κ1) is 19.7. The van der Waals surface area contributed by atoms with Crippen LogP contribution in [0.1, 0.15) is 24.1 Å². The van der Waals surface area contributed by atoms with Gasteiger partial charge in [-0.15, -0.1) is 0 Å². The molecule has 0 fully saturated rings. The fourth-order valence-electron chi connectivity index (χ4n) is 3.07. The number of benzene rings is 3. The summed E-state index contributed by atoms with van der Waals surface area (Å²) in [6, 6.07) is 18.1. The fraction of sp³-hybridized carbons (Fsp3) is 0.190. The molecule has 0 saturated carbocycles. The van der Waals surface area contributed by atoms with Crippen molar-refractivity contribution in [3.63, 3.8) is 0 Å². The van der Waals surface area contributed by atoms with Gasteiger partial charge in [0.25, 0.3) is 0 Å². The Morgan fingerprint density at radius 2 is 1.96 bits per heavy atom. The van der Waals surface area contributed by atoms with Crippen molar-refractivity contribution in [3.05, 3.63) is 75.2 Å². The number of nitrogens with two attached hydrogens (primary N) is 1. The summed E-state index contributed by atoms with van der Waals surface area (Å²) < 4.78 is 5.95. The molecule has 3 aromatic rings. The zero-order valence-corrected chi connectivity index (χ0v) is 17.0. The molecule has 1 aliphatic rings. The topological polar surface area (TPSA) is 72.6 Å². The van der Waals surface area contributed by atoms with Gasteiger partial charge in [0.2, 0.25) is 0 Å². The molecular formula is C21H19BrClNO3. The first-order chi connectivity index (χ1) is 12.9. The average Bonchev–Trinajstić information content (AvgIpc) is 3.06. The Bertz CT molecular complexity index is 985. The Balaban J connectivity index is 0.000000156. The number of hydrogen-bond acceptors (Lipinski definition) is 3. The lowest BCUT2D eigenvalue weighted by atomic mass is 10.0. The van der Waals surface area contributed by atoms with Crippen LogP contribution in [0.15, 0.2) is 59.1 Å². The van der Waals surface area contributed by atoms with Gasteiger partial charge in [-0.05, 0) is 51.3 Å². The Labute approximate surface area is 171 Å². The van der Waals surface area contributed by atoms with E-state index in [1.807, 2.05) is 19.1 Å². The van der Waals surface area contributed by atoms with Gasteiger partial charge in [0.15, 0.2) is 6.10 Å². The molecule has 27 heavy (non-hydrogen) atoms. The quantitative estimate of drug-likeness (QED) is 0.554. The average molecular weight is 449 g/mol. The molecule has 3 N–H and O–H groups in total. The van der Waals surface area contributed by atoms with Crippen molar-refractivity contribution in [3.8, 4) is 5.75 Å². The molecule has 0 unspecified atom stereocenters. The van der Waals surface area contributed by atoms with Gasteiger partial charge in [0, 0.05) is 23.0 Å². The van der Waals surface area contributed by atoms with Gasteiger partial charge in [-0.2, -0.15) is 0 Å². The van der Waals surface area contributed by atoms with E-state index >= 15 is 0 Å². The summed E-state index contributed by atoms with van der Waals surface area (Å²) in [6.45, 7) is 2.02. The number of fused-ring (bicyclic) bond motifs is 2. The minimum absolute atomic E-state index is 0.103. The molecule has 140 valence electrons. The lowest BCUT2D eigenvalue weighted by molar-refractivity contribution is -0.144. The van der Waals surface area contributed by atoms with E-state index in [1.54, 1.807) is 12.1 Å². The second-order valence-electron chi connectivity index (χ2n) is 6.38. The van der Waals surface area contributed by atoms with Crippen LogP contribution in [0.2, 0.25) is 5.02 Å². The highest BCUT2D eigenvalue weighted by Gasteiger charge is 2.30. The first-order valence-electron chi connectivity index (χ1n) is 8.47. The molecule has 0 aromatic heterocycles. The molecule has 1 heterocycles. The second-order valence-corrected chi connectivity index (χ2v) is 7.67. The van der Waals surface area contributed by atoms with Crippen LogP contribution < -0.4 is 10.5 Å². The molecule has 6 heteroatoms. The Hall–Kier alpha value is -2.08. The van der Waals surface area contributed by atoms with Crippen LogP contribution in [-0.4, -0.2) is 17.2 Å². The van der Waals surface area contributed by atoms with Gasteiger partial charge in [-0.1, -0.05) is 54.1 Å². The van der Waals surface area contributed by atoms with Crippen LogP contribution in [0.25, 0.3) is 10.8 Å². The summed E-state index contributed by atoms with van der Waals surface area (Å²) >= 11 is 9.10. The maximum absolute atomic E-state index is 10.7. The van der Waals surface area contributed by atoms with Crippen molar-refractivity contribution in [1.29, 1.82) is 0 Å². The number of hydrogen-bond donors (Lipinski definition) is 2. The van der Waals surface area contributed by atoms with Gasteiger partial charge < -0.3 is 15.6 Å². The Kier molecular flexibility index (Phi) is 6.05. The number of carboxylic acid groups (broad SMARTS) is 1. The van der Waals surface area contributed by atoms with Crippen molar-refractivity contribution in [2.75, 3.05) is 0 Å². The predicted molar refractivity (Wildman–Crippen MR) is 111 cm³/mol.